The maximum absolute atomic E-state index is 13.8. The van der Waals surface area contributed by atoms with Crippen LogP contribution in [0, 0.1) is 0 Å². The summed E-state index contributed by atoms with van der Waals surface area (Å²) in [6.07, 6.45) is -8.26. The number of amides is 4. The van der Waals surface area contributed by atoms with Crippen LogP contribution in [0.1, 0.15) is 72.4 Å². The van der Waals surface area contributed by atoms with E-state index in [1.807, 2.05) is 48.5 Å². The molecule has 7 atom stereocenters. The molecule has 1 aliphatic carbocycles. The number of fused-ring (bicyclic) bond motifs is 3. The summed E-state index contributed by atoms with van der Waals surface area (Å²) in [5.74, 6) is -5.78. The van der Waals surface area contributed by atoms with E-state index in [0.29, 0.717) is 0 Å². The third kappa shape index (κ3) is 13.2. The van der Waals surface area contributed by atoms with Gasteiger partial charge in [0.05, 0.1) is 12.6 Å². The summed E-state index contributed by atoms with van der Waals surface area (Å²) >= 11 is 0. The molecule has 19 nitrogen and oxygen atoms in total. The van der Waals surface area contributed by atoms with E-state index in [0.717, 1.165) is 49.9 Å². The molecular formula is C41H52N4O15. The van der Waals surface area contributed by atoms with Crippen molar-refractivity contribution in [3.8, 4) is 11.1 Å². The lowest BCUT2D eigenvalue weighted by molar-refractivity contribution is -0.287. The molecule has 4 N–H and O–H groups in total. The monoisotopic (exact) mass is 840 g/mol. The second-order valence-electron chi connectivity index (χ2n) is 15.1. The van der Waals surface area contributed by atoms with Crippen LogP contribution in [-0.4, -0.2) is 122 Å². The van der Waals surface area contributed by atoms with Gasteiger partial charge in [-0.05, 0) is 49.9 Å². The third-order valence-electron chi connectivity index (χ3n) is 9.06. The van der Waals surface area contributed by atoms with E-state index in [9.17, 15) is 38.4 Å². The van der Waals surface area contributed by atoms with Gasteiger partial charge in [-0.2, -0.15) is 0 Å². The van der Waals surface area contributed by atoms with Gasteiger partial charge >= 0.3 is 30.0 Å². The van der Waals surface area contributed by atoms with Crippen molar-refractivity contribution >= 4 is 47.7 Å². The average molecular weight is 841 g/mol. The number of alkyl carbamates (subject to hydrolysis) is 1. The standard InChI is InChI=1S/C41H52N4O15/c1-21(56-39-35(44-22(2)46)37(58-25(5)49)36(57-24(4)48)31(59-39)20-54-23(3)47)34(38(52)43-17-32(50)42-18-33(51)60-41(6,7)8)45-40(53)55-19-30-28-15-11-9-13-26(28)27-14-10-12-16-29(27)30/h9-16,21,30-31,34-37,39H,17-20H2,1-8H3,(H,42,50)(H,43,52)(H,44,46)(H,45,53)/t21-,31+,34-,35+,36-,37+,39-/m0/s1. The fourth-order valence-electron chi connectivity index (χ4n) is 6.75. The van der Waals surface area contributed by atoms with Crippen LogP contribution in [-0.2, 0) is 66.7 Å². The maximum atomic E-state index is 13.8. The van der Waals surface area contributed by atoms with E-state index in [2.05, 4.69) is 21.3 Å². The van der Waals surface area contributed by atoms with Crippen LogP contribution in [0.2, 0.25) is 0 Å². The number of hydrogen-bond acceptors (Lipinski definition) is 15. The Bertz CT molecular complexity index is 1890. The number of carbonyl (C=O) groups excluding carboxylic acids is 8. The number of hydrogen-bond donors (Lipinski definition) is 4. The van der Waals surface area contributed by atoms with Crippen molar-refractivity contribution in [3.63, 3.8) is 0 Å². The minimum absolute atomic E-state index is 0.119. The number of nitrogens with one attached hydrogen (secondary N) is 4. The first-order valence-electron chi connectivity index (χ1n) is 19.2. The quantitative estimate of drug-likeness (QED) is 0.138. The number of ether oxygens (including phenoxy) is 7. The van der Waals surface area contributed by atoms with Gasteiger partial charge in [0, 0.05) is 33.6 Å². The van der Waals surface area contributed by atoms with Gasteiger partial charge in [0.1, 0.15) is 43.5 Å². The van der Waals surface area contributed by atoms with Crippen molar-refractivity contribution in [1.82, 2.24) is 21.3 Å². The summed E-state index contributed by atoms with van der Waals surface area (Å²) in [4.78, 5) is 101. The molecule has 0 saturated carbocycles. The van der Waals surface area contributed by atoms with Gasteiger partial charge in [-0.3, -0.25) is 33.6 Å². The Labute approximate surface area is 346 Å². The van der Waals surface area contributed by atoms with Gasteiger partial charge < -0.3 is 54.4 Å². The van der Waals surface area contributed by atoms with Crippen molar-refractivity contribution in [3.05, 3.63) is 59.7 Å². The summed E-state index contributed by atoms with van der Waals surface area (Å²) in [6, 6.07) is 12.3. The molecule has 0 bridgehead atoms. The second kappa shape index (κ2) is 20.7. The highest BCUT2D eigenvalue weighted by Gasteiger charge is 2.52. The van der Waals surface area contributed by atoms with Crippen LogP contribution < -0.4 is 21.3 Å². The highest BCUT2D eigenvalue weighted by atomic mass is 16.7. The molecule has 0 radical (unpaired) electrons. The van der Waals surface area contributed by atoms with E-state index in [1.54, 1.807) is 20.8 Å². The van der Waals surface area contributed by atoms with E-state index < -0.39 is 116 Å². The Morgan fingerprint density at radius 2 is 1.32 bits per heavy atom. The molecular weight excluding hydrogens is 788 g/mol. The van der Waals surface area contributed by atoms with Crippen molar-refractivity contribution in [2.24, 2.45) is 0 Å². The highest BCUT2D eigenvalue weighted by molar-refractivity contribution is 5.91. The first kappa shape index (κ1) is 46.6. The first-order valence-corrected chi connectivity index (χ1v) is 19.2. The van der Waals surface area contributed by atoms with Gasteiger partial charge in [-0.1, -0.05) is 48.5 Å². The molecule has 1 saturated heterocycles. The molecule has 1 fully saturated rings. The molecule has 1 aliphatic heterocycles. The first-order chi connectivity index (χ1) is 28.2. The van der Waals surface area contributed by atoms with Gasteiger partial charge in [0.15, 0.2) is 18.5 Å². The zero-order valence-electron chi connectivity index (χ0n) is 34.7. The average Bonchev–Trinajstić information content (AvgIpc) is 3.48. The number of rotatable bonds is 16. The second-order valence-corrected chi connectivity index (χ2v) is 15.1. The van der Waals surface area contributed by atoms with E-state index >= 15 is 0 Å². The number of esters is 4. The lowest BCUT2D eigenvalue weighted by atomic mass is 9.95. The highest BCUT2D eigenvalue weighted by Crippen LogP contribution is 2.44. The van der Waals surface area contributed by atoms with E-state index in [4.69, 9.17) is 33.2 Å². The third-order valence-corrected chi connectivity index (χ3v) is 9.06. The summed E-state index contributed by atoms with van der Waals surface area (Å²) < 4.78 is 39.2. The van der Waals surface area contributed by atoms with Crippen molar-refractivity contribution in [1.29, 1.82) is 0 Å². The molecule has 2 aromatic rings. The number of benzene rings is 2. The van der Waals surface area contributed by atoms with Gasteiger partial charge in [-0.15, -0.1) is 0 Å². The lowest BCUT2D eigenvalue weighted by Crippen LogP contribution is -2.67. The molecule has 0 unspecified atom stereocenters. The Morgan fingerprint density at radius 1 is 0.733 bits per heavy atom. The Hall–Kier alpha value is -6.08. The summed E-state index contributed by atoms with van der Waals surface area (Å²) in [7, 11) is 0. The van der Waals surface area contributed by atoms with Crippen LogP contribution in [0.5, 0.6) is 0 Å². The fourth-order valence-corrected chi connectivity index (χ4v) is 6.75. The normalized spacial score (nSPS) is 20.4. The zero-order valence-corrected chi connectivity index (χ0v) is 34.7. The van der Waals surface area contributed by atoms with Crippen LogP contribution in [0.15, 0.2) is 48.5 Å². The largest absolute Gasteiger partial charge is 0.463 e. The molecule has 2 aliphatic rings. The van der Waals surface area contributed by atoms with Crippen molar-refractivity contribution in [2.45, 2.75) is 110 Å². The van der Waals surface area contributed by atoms with E-state index in [-0.39, 0.29) is 12.5 Å². The molecule has 60 heavy (non-hydrogen) atoms. The Morgan fingerprint density at radius 3 is 1.87 bits per heavy atom. The summed E-state index contributed by atoms with van der Waals surface area (Å²) in [5.41, 5.74) is 3.05. The maximum Gasteiger partial charge on any atom is 0.407 e. The minimum atomic E-state index is -1.63. The SMILES string of the molecule is CC(=O)N[C@H]1[C@@H](O[C@@H](C)[C@H](NC(=O)OCC2c3ccccc3-c3ccccc32)C(=O)NCC(=O)NCC(=O)OC(C)(C)C)O[C@H](COC(C)=O)[C@H](OC(C)=O)[C@@H]1OC(C)=O. The molecule has 0 aromatic heterocycles. The smallest absolute Gasteiger partial charge is 0.407 e. The molecule has 0 spiro atoms. The van der Waals surface area contributed by atoms with Crippen LogP contribution >= 0.6 is 0 Å². The van der Waals surface area contributed by atoms with Gasteiger partial charge in [-0.25, -0.2) is 4.79 Å². The minimum Gasteiger partial charge on any atom is -0.463 e. The van der Waals surface area contributed by atoms with E-state index in [1.165, 1.54) is 6.92 Å². The molecule has 4 rings (SSSR count). The van der Waals surface area contributed by atoms with Gasteiger partial charge in [0.2, 0.25) is 17.7 Å². The van der Waals surface area contributed by atoms with Crippen molar-refractivity contribution in [2.75, 3.05) is 26.3 Å². The van der Waals surface area contributed by atoms with Crippen LogP contribution in [0.4, 0.5) is 4.79 Å². The van der Waals surface area contributed by atoms with Crippen LogP contribution in [0.3, 0.4) is 0 Å². The summed E-state index contributed by atoms with van der Waals surface area (Å²) in [6.45, 7) is 9.01. The fraction of sp³-hybridized carbons (Fsp3) is 0.512. The lowest BCUT2D eigenvalue weighted by Gasteiger charge is -2.45. The Kier molecular flexibility index (Phi) is 16.1. The topological polar surface area (TPSA) is 249 Å². The van der Waals surface area contributed by atoms with Crippen molar-refractivity contribution < 1.29 is 71.5 Å². The zero-order chi connectivity index (χ0) is 44.3. The predicted molar refractivity (Wildman–Crippen MR) is 208 cm³/mol. The number of carbonyl (C=O) groups is 8. The molecule has 1 heterocycles. The van der Waals surface area contributed by atoms with Crippen LogP contribution in [0.25, 0.3) is 11.1 Å². The predicted octanol–water partition coefficient (Wildman–Crippen LogP) is 1.53. The Balaban J connectivity index is 1.59. The summed E-state index contributed by atoms with van der Waals surface area (Å²) in [5, 5.41) is 9.80. The van der Waals surface area contributed by atoms with Gasteiger partial charge in [0.25, 0.3) is 0 Å². The molecule has 19 heteroatoms. The molecule has 2 aromatic carbocycles. The molecule has 4 amide bonds. The molecule has 326 valence electrons.